The summed E-state index contributed by atoms with van der Waals surface area (Å²) in [6.07, 6.45) is 3.03. The molecule has 0 radical (unpaired) electrons. The molecule has 0 bridgehead atoms. The van der Waals surface area contributed by atoms with Crippen LogP contribution >= 0.6 is 0 Å². The summed E-state index contributed by atoms with van der Waals surface area (Å²) in [4.78, 5) is 11.7. The van der Waals surface area contributed by atoms with Gasteiger partial charge in [-0.25, -0.2) is 9.48 Å². The molecule has 84 valence electrons. The molecule has 0 spiro atoms. The van der Waals surface area contributed by atoms with Crippen LogP contribution in [0.25, 0.3) is 16.7 Å². The smallest absolute Gasteiger partial charge is 0.362 e. The number of aromatic hydroxyl groups is 1. The normalized spacial score (nSPS) is 10.8. The maximum Gasteiger partial charge on any atom is 0.362 e. The Hall–Kier alpha value is -2.63. The first kappa shape index (κ1) is 9.59. The fourth-order valence-electron chi connectivity index (χ4n) is 1.59. The van der Waals surface area contributed by atoms with Crippen molar-refractivity contribution >= 4 is 11.0 Å². The van der Waals surface area contributed by atoms with Crippen molar-refractivity contribution in [3.05, 3.63) is 47.1 Å². The van der Waals surface area contributed by atoms with Crippen LogP contribution in [-0.2, 0) is 0 Å². The molecule has 0 fully saturated rings. The van der Waals surface area contributed by atoms with Gasteiger partial charge < -0.3 is 9.52 Å². The second kappa shape index (κ2) is 3.44. The zero-order valence-corrected chi connectivity index (χ0v) is 8.57. The monoisotopic (exact) mass is 229 g/mol. The SMILES string of the molecule is O=c1oc2cc(O)ccc2cc1-n1ccnn1. The van der Waals surface area contributed by atoms with Crippen molar-refractivity contribution < 1.29 is 9.52 Å². The van der Waals surface area contributed by atoms with Crippen molar-refractivity contribution in [3.63, 3.8) is 0 Å². The lowest BCUT2D eigenvalue weighted by atomic mass is 10.2. The number of phenolic OH excluding ortho intramolecular Hbond substituents is 1. The third-order valence-corrected chi connectivity index (χ3v) is 2.37. The van der Waals surface area contributed by atoms with Gasteiger partial charge in [0, 0.05) is 11.5 Å². The lowest BCUT2D eigenvalue weighted by Gasteiger charge is -2.01. The minimum atomic E-state index is -0.534. The van der Waals surface area contributed by atoms with E-state index in [4.69, 9.17) is 4.42 Å². The molecule has 1 aromatic carbocycles. The predicted molar refractivity (Wildman–Crippen MR) is 59.1 cm³/mol. The number of fused-ring (bicyclic) bond motifs is 1. The van der Waals surface area contributed by atoms with Crippen molar-refractivity contribution in [1.29, 1.82) is 0 Å². The van der Waals surface area contributed by atoms with Gasteiger partial charge in [-0.2, -0.15) is 0 Å². The number of aromatic nitrogens is 3. The van der Waals surface area contributed by atoms with Gasteiger partial charge in [0.25, 0.3) is 0 Å². The summed E-state index contributed by atoms with van der Waals surface area (Å²) in [7, 11) is 0. The summed E-state index contributed by atoms with van der Waals surface area (Å²) in [5.41, 5.74) is 0.0770. The van der Waals surface area contributed by atoms with Crippen LogP contribution in [0.2, 0.25) is 0 Å². The number of nitrogens with zero attached hydrogens (tertiary/aromatic N) is 3. The molecule has 3 rings (SSSR count). The Balaban J connectivity index is 2.32. The first-order valence-electron chi connectivity index (χ1n) is 4.87. The van der Waals surface area contributed by atoms with Crippen LogP contribution in [0, 0.1) is 0 Å². The van der Waals surface area contributed by atoms with Gasteiger partial charge in [-0.15, -0.1) is 5.10 Å². The number of hydrogen-bond acceptors (Lipinski definition) is 5. The van der Waals surface area contributed by atoms with Crippen LogP contribution in [0.5, 0.6) is 5.75 Å². The largest absolute Gasteiger partial charge is 0.508 e. The highest BCUT2D eigenvalue weighted by atomic mass is 16.4. The van der Waals surface area contributed by atoms with E-state index < -0.39 is 5.63 Å². The minimum absolute atomic E-state index is 0.0501. The summed E-state index contributed by atoms with van der Waals surface area (Å²) in [5, 5.41) is 17.3. The van der Waals surface area contributed by atoms with Crippen molar-refractivity contribution in [2.24, 2.45) is 0 Å². The Morgan fingerprint density at radius 1 is 1.29 bits per heavy atom. The van der Waals surface area contributed by atoms with E-state index >= 15 is 0 Å². The second-order valence-corrected chi connectivity index (χ2v) is 3.49. The summed E-state index contributed by atoms with van der Waals surface area (Å²) < 4.78 is 6.42. The maximum absolute atomic E-state index is 11.7. The van der Waals surface area contributed by atoms with Gasteiger partial charge in [0.1, 0.15) is 11.3 Å². The van der Waals surface area contributed by atoms with E-state index in [0.717, 1.165) is 0 Å². The Morgan fingerprint density at radius 3 is 2.94 bits per heavy atom. The van der Waals surface area contributed by atoms with E-state index in [1.807, 2.05) is 0 Å². The van der Waals surface area contributed by atoms with Crippen LogP contribution in [-0.4, -0.2) is 20.1 Å². The molecule has 3 aromatic rings. The Labute approximate surface area is 94.7 Å². The van der Waals surface area contributed by atoms with Gasteiger partial charge >= 0.3 is 5.63 Å². The molecule has 6 heteroatoms. The molecule has 2 aromatic heterocycles. The van der Waals surface area contributed by atoms with Crippen molar-refractivity contribution in [2.45, 2.75) is 0 Å². The average Bonchev–Trinajstić information content (AvgIpc) is 2.81. The molecule has 0 saturated heterocycles. The van der Waals surface area contributed by atoms with E-state index in [1.54, 1.807) is 18.3 Å². The first-order chi connectivity index (χ1) is 8.24. The van der Waals surface area contributed by atoms with Gasteiger partial charge in [0.05, 0.1) is 12.4 Å². The van der Waals surface area contributed by atoms with Gasteiger partial charge in [-0.05, 0) is 18.2 Å². The molecule has 0 unspecified atom stereocenters. The molecule has 0 saturated carbocycles. The van der Waals surface area contributed by atoms with Crippen LogP contribution < -0.4 is 5.63 Å². The number of phenols is 1. The summed E-state index contributed by atoms with van der Waals surface area (Å²) >= 11 is 0. The van der Waals surface area contributed by atoms with E-state index in [2.05, 4.69) is 10.3 Å². The number of rotatable bonds is 1. The molecule has 0 aliphatic rings. The van der Waals surface area contributed by atoms with Crippen LogP contribution in [0.4, 0.5) is 0 Å². The third-order valence-electron chi connectivity index (χ3n) is 2.37. The maximum atomic E-state index is 11.7. The quantitative estimate of drug-likeness (QED) is 0.631. The van der Waals surface area contributed by atoms with Gasteiger partial charge in [0.15, 0.2) is 5.69 Å². The molecule has 0 atom stereocenters. The highest BCUT2D eigenvalue weighted by Crippen LogP contribution is 2.19. The Kier molecular flexibility index (Phi) is 1.94. The standard InChI is InChI=1S/C11H7N3O3/c15-8-2-1-7-5-9(14-4-3-12-13-14)11(16)17-10(7)6-8/h1-6,15H. The zero-order valence-electron chi connectivity index (χ0n) is 8.57. The van der Waals surface area contributed by atoms with E-state index in [9.17, 15) is 9.90 Å². The predicted octanol–water partition coefficient (Wildman–Crippen LogP) is 1.08. The lowest BCUT2D eigenvalue weighted by Crippen LogP contribution is -2.10. The van der Waals surface area contributed by atoms with Crippen LogP contribution in [0.3, 0.4) is 0 Å². The zero-order chi connectivity index (χ0) is 11.8. The van der Waals surface area contributed by atoms with Crippen LogP contribution in [0.1, 0.15) is 0 Å². The molecule has 2 heterocycles. The molecular weight excluding hydrogens is 222 g/mol. The summed E-state index contributed by atoms with van der Waals surface area (Å²) in [6.45, 7) is 0. The Morgan fingerprint density at radius 2 is 2.18 bits per heavy atom. The minimum Gasteiger partial charge on any atom is -0.508 e. The average molecular weight is 229 g/mol. The first-order valence-corrected chi connectivity index (χ1v) is 4.87. The number of hydrogen-bond donors (Lipinski definition) is 1. The second-order valence-electron chi connectivity index (χ2n) is 3.49. The summed E-state index contributed by atoms with van der Waals surface area (Å²) in [5.74, 6) is 0.0501. The molecule has 6 nitrogen and oxygen atoms in total. The highest BCUT2D eigenvalue weighted by molar-refractivity contribution is 5.79. The Bertz CT molecular complexity index is 731. The fourth-order valence-corrected chi connectivity index (χ4v) is 1.59. The highest BCUT2D eigenvalue weighted by Gasteiger charge is 2.08. The molecule has 0 amide bonds. The van der Waals surface area contributed by atoms with Gasteiger partial charge in [-0.3, -0.25) is 0 Å². The fraction of sp³-hybridized carbons (Fsp3) is 0. The van der Waals surface area contributed by atoms with Gasteiger partial charge in [-0.1, -0.05) is 5.21 Å². The summed E-state index contributed by atoms with van der Waals surface area (Å²) in [6, 6.07) is 6.21. The van der Waals surface area contributed by atoms with Crippen LogP contribution in [0.15, 0.2) is 45.9 Å². The third kappa shape index (κ3) is 1.55. The van der Waals surface area contributed by atoms with Crippen molar-refractivity contribution in [2.75, 3.05) is 0 Å². The molecule has 0 aliphatic carbocycles. The van der Waals surface area contributed by atoms with Crippen molar-refractivity contribution in [1.82, 2.24) is 15.0 Å². The van der Waals surface area contributed by atoms with Gasteiger partial charge in [0.2, 0.25) is 0 Å². The molecular formula is C11H7N3O3. The molecule has 0 aliphatic heterocycles. The van der Waals surface area contributed by atoms with E-state index in [-0.39, 0.29) is 11.4 Å². The van der Waals surface area contributed by atoms with E-state index in [0.29, 0.717) is 11.0 Å². The topological polar surface area (TPSA) is 81.1 Å². The molecule has 17 heavy (non-hydrogen) atoms. The lowest BCUT2D eigenvalue weighted by molar-refractivity contribution is 0.473. The van der Waals surface area contributed by atoms with Crippen molar-refractivity contribution in [3.8, 4) is 11.4 Å². The van der Waals surface area contributed by atoms with E-state index in [1.165, 1.54) is 23.0 Å². The number of benzene rings is 1. The molecule has 1 N–H and O–H groups in total.